The molecule has 0 amide bonds. The molecule has 1 nitrogen and oxygen atoms in total. The molecule has 19 heavy (non-hydrogen) atoms. The SMILES string of the molecule is CC(C)NCc1ccccc1-c1ccc(Cl)cc1F. The van der Waals surface area contributed by atoms with Crippen LogP contribution in [0.3, 0.4) is 0 Å². The molecular formula is C16H17ClFN. The van der Waals surface area contributed by atoms with E-state index in [9.17, 15) is 4.39 Å². The Kier molecular flexibility index (Phi) is 4.56. The van der Waals surface area contributed by atoms with Gasteiger partial charge in [0.2, 0.25) is 0 Å². The summed E-state index contributed by atoms with van der Waals surface area (Å²) in [5.74, 6) is -0.288. The zero-order valence-electron chi connectivity index (χ0n) is 11.1. The van der Waals surface area contributed by atoms with Gasteiger partial charge in [-0.05, 0) is 29.3 Å². The van der Waals surface area contributed by atoms with Gasteiger partial charge in [-0.1, -0.05) is 49.7 Å². The number of halogens is 2. The molecule has 2 rings (SSSR count). The van der Waals surface area contributed by atoms with Crippen LogP contribution in [0.5, 0.6) is 0 Å². The number of rotatable bonds is 4. The highest BCUT2D eigenvalue weighted by molar-refractivity contribution is 6.30. The first-order chi connectivity index (χ1) is 9.08. The molecule has 0 aliphatic rings. The fourth-order valence-electron chi connectivity index (χ4n) is 1.96. The van der Waals surface area contributed by atoms with E-state index in [0.717, 1.165) is 17.7 Å². The van der Waals surface area contributed by atoms with Crippen molar-refractivity contribution in [2.24, 2.45) is 0 Å². The predicted octanol–water partition coefficient (Wildman–Crippen LogP) is 4.64. The summed E-state index contributed by atoms with van der Waals surface area (Å²) >= 11 is 5.79. The molecule has 0 atom stereocenters. The number of benzene rings is 2. The zero-order valence-corrected chi connectivity index (χ0v) is 11.8. The van der Waals surface area contributed by atoms with Crippen molar-refractivity contribution in [2.45, 2.75) is 26.4 Å². The van der Waals surface area contributed by atoms with E-state index in [2.05, 4.69) is 19.2 Å². The Balaban J connectivity index is 2.38. The van der Waals surface area contributed by atoms with Crippen molar-refractivity contribution in [1.29, 1.82) is 0 Å². The van der Waals surface area contributed by atoms with Crippen LogP contribution in [-0.2, 0) is 6.54 Å². The topological polar surface area (TPSA) is 12.0 Å². The van der Waals surface area contributed by atoms with Crippen molar-refractivity contribution in [1.82, 2.24) is 5.32 Å². The third kappa shape index (κ3) is 3.55. The summed E-state index contributed by atoms with van der Waals surface area (Å²) in [4.78, 5) is 0. The lowest BCUT2D eigenvalue weighted by Crippen LogP contribution is -2.22. The van der Waals surface area contributed by atoms with Crippen LogP contribution in [0.1, 0.15) is 19.4 Å². The van der Waals surface area contributed by atoms with E-state index in [1.165, 1.54) is 6.07 Å². The quantitative estimate of drug-likeness (QED) is 0.858. The third-order valence-electron chi connectivity index (χ3n) is 2.94. The highest BCUT2D eigenvalue weighted by atomic mass is 35.5. The summed E-state index contributed by atoms with van der Waals surface area (Å²) in [5, 5.41) is 3.77. The van der Waals surface area contributed by atoms with Crippen molar-refractivity contribution in [3.63, 3.8) is 0 Å². The van der Waals surface area contributed by atoms with E-state index in [4.69, 9.17) is 11.6 Å². The normalized spacial score (nSPS) is 11.0. The van der Waals surface area contributed by atoms with Gasteiger partial charge in [0.1, 0.15) is 5.82 Å². The maximum Gasteiger partial charge on any atom is 0.132 e. The molecule has 1 N–H and O–H groups in total. The second-order valence-corrected chi connectivity index (χ2v) is 5.25. The molecule has 0 bridgehead atoms. The number of hydrogen-bond donors (Lipinski definition) is 1. The standard InChI is InChI=1S/C16H17ClFN/c1-11(2)19-10-12-5-3-4-6-14(12)15-8-7-13(17)9-16(15)18/h3-9,11,19H,10H2,1-2H3. The molecule has 0 heterocycles. The molecule has 2 aromatic rings. The Bertz CT molecular complexity index is 566. The van der Waals surface area contributed by atoms with Gasteiger partial charge in [0.15, 0.2) is 0 Å². The maximum absolute atomic E-state index is 14.0. The molecule has 0 saturated carbocycles. The summed E-state index contributed by atoms with van der Waals surface area (Å²) < 4.78 is 14.0. The third-order valence-corrected chi connectivity index (χ3v) is 3.17. The second-order valence-electron chi connectivity index (χ2n) is 4.82. The van der Waals surface area contributed by atoms with Crippen LogP contribution in [0.15, 0.2) is 42.5 Å². The highest BCUT2D eigenvalue weighted by Gasteiger charge is 2.10. The Morgan fingerprint density at radius 3 is 2.53 bits per heavy atom. The minimum atomic E-state index is -0.288. The lowest BCUT2D eigenvalue weighted by molar-refractivity contribution is 0.589. The Morgan fingerprint density at radius 1 is 1.11 bits per heavy atom. The fraction of sp³-hybridized carbons (Fsp3) is 0.250. The van der Waals surface area contributed by atoms with Crippen LogP contribution < -0.4 is 5.32 Å². The van der Waals surface area contributed by atoms with E-state index in [0.29, 0.717) is 16.6 Å². The molecule has 0 unspecified atom stereocenters. The zero-order chi connectivity index (χ0) is 13.8. The molecule has 0 spiro atoms. The molecule has 100 valence electrons. The van der Waals surface area contributed by atoms with E-state index in [-0.39, 0.29) is 5.82 Å². The minimum absolute atomic E-state index is 0.288. The van der Waals surface area contributed by atoms with Gasteiger partial charge in [0, 0.05) is 23.2 Å². The molecule has 0 aromatic heterocycles. The number of hydrogen-bond acceptors (Lipinski definition) is 1. The van der Waals surface area contributed by atoms with Crippen LogP contribution in [0.4, 0.5) is 4.39 Å². The van der Waals surface area contributed by atoms with E-state index in [1.807, 2.05) is 24.3 Å². The molecule has 0 fully saturated rings. The van der Waals surface area contributed by atoms with Crippen LogP contribution in [0.2, 0.25) is 5.02 Å². The van der Waals surface area contributed by atoms with Gasteiger partial charge >= 0.3 is 0 Å². The molecule has 0 aliphatic heterocycles. The lowest BCUT2D eigenvalue weighted by atomic mass is 9.99. The molecule has 0 aliphatic carbocycles. The van der Waals surface area contributed by atoms with Crippen molar-refractivity contribution >= 4 is 11.6 Å². The van der Waals surface area contributed by atoms with Gasteiger partial charge in [0.05, 0.1) is 0 Å². The van der Waals surface area contributed by atoms with E-state index >= 15 is 0 Å². The molecule has 0 saturated heterocycles. The van der Waals surface area contributed by atoms with Gasteiger partial charge in [-0.25, -0.2) is 4.39 Å². The number of nitrogens with one attached hydrogen (secondary N) is 1. The monoisotopic (exact) mass is 277 g/mol. The Hall–Kier alpha value is -1.38. The van der Waals surface area contributed by atoms with E-state index < -0.39 is 0 Å². The second kappa shape index (κ2) is 6.18. The fourth-order valence-corrected chi connectivity index (χ4v) is 2.12. The summed E-state index contributed by atoms with van der Waals surface area (Å²) in [7, 11) is 0. The first kappa shape index (κ1) is 14.0. The predicted molar refractivity (Wildman–Crippen MR) is 78.8 cm³/mol. The smallest absolute Gasteiger partial charge is 0.132 e. The first-order valence-electron chi connectivity index (χ1n) is 6.34. The average Bonchev–Trinajstić information content (AvgIpc) is 2.37. The van der Waals surface area contributed by atoms with Gasteiger partial charge in [-0.3, -0.25) is 0 Å². The van der Waals surface area contributed by atoms with Gasteiger partial charge < -0.3 is 5.32 Å². The summed E-state index contributed by atoms with van der Waals surface area (Å²) in [5.41, 5.74) is 2.58. The molecule has 0 radical (unpaired) electrons. The summed E-state index contributed by atoms with van der Waals surface area (Å²) in [6, 6.07) is 13.0. The molecular weight excluding hydrogens is 261 g/mol. The Morgan fingerprint density at radius 2 is 1.84 bits per heavy atom. The first-order valence-corrected chi connectivity index (χ1v) is 6.72. The van der Waals surface area contributed by atoms with Crippen LogP contribution in [0, 0.1) is 5.82 Å². The minimum Gasteiger partial charge on any atom is -0.310 e. The molecule has 2 aromatic carbocycles. The average molecular weight is 278 g/mol. The van der Waals surface area contributed by atoms with Crippen LogP contribution in [0.25, 0.3) is 11.1 Å². The summed E-state index contributed by atoms with van der Waals surface area (Å²) in [6.07, 6.45) is 0. The van der Waals surface area contributed by atoms with Crippen molar-refractivity contribution in [3.8, 4) is 11.1 Å². The summed E-state index contributed by atoms with van der Waals surface area (Å²) in [6.45, 7) is 4.90. The maximum atomic E-state index is 14.0. The lowest BCUT2D eigenvalue weighted by Gasteiger charge is -2.13. The highest BCUT2D eigenvalue weighted by Crippen LogP contribution is 2.28. The Labute approximate surface area is 118 Å². The van der Waals surface area contributed by atoms with Crippen LogP contribution >= 0.6 is 11.6 Å². The van der Waals surface area contributed by atoms with Gasteiger partial charge in [-0.15, -0.1) is 0 Å². The van der Waals surface area contributed by atoms with Gasteiger partial charge in [0.25, 0.3) is 0 Å². The van der Waals surface area contributed by atoms with E-state index in [1.54, 1.807) is 12.1 Å². The van der Waals surface area contributed by atoms with Crippen molar-refractivity contribution in [2.75, 3.05) is 0 Å². The van der Waals surface area contributed by atoms with Crippen molar-refractivity contribution in [3.05, 3.63) is 58.9 Å². The van der Waals surface area contributed by atoms with Gasteiger partial charge in [-0.2, -0.15) is 0 Å². The van der Waals surface area contributed by atoms with Crippen molar-refractivity contribution < 1.29 is 4.39 Å². The van der Waals surface area contributed by atoms with Crippen LogP contribution in [-0.4, -0.2) is 6.04 Å². The largest absolute Gasteiger partial charge is 0.310 e. The molecule has 3 heteroatoms.